The van der Waals surface area contributed by atoms with E-state index in [2.05, 4.69) is 21.2 Å². The van der Waals surface area contributed by atoms with Crippen molar-refractivity contribution >= 4 is 33.2 Å². The van der Waals surface area contributed by atoms with Crippen molar-refractivity contribution < 1.29 is 18.7 Å². The van der Waals surface area contributed by atoms with Crippen molar-refractivity contribution in [1.29, 1.82) is 0 Å². The van der Waals surface area contributed by atoms with Crippen molar-refractivity contribution in [2.75, 3.05) is 17.0 Å². The minimum Gasteiger partial charge on any atom is -0.454 e. The van der Waals surface area contributed by atoms with Crippen LogP contribution in [0.5, 0.6) is 11.5 Å². The molecule has 2 aliphatic heterocycles. The van der Waals surface area contributed by atoms with Gasteiger partial charge in [-0.05, 0) is 54.1 Å². The van der Waals surface area contributed by atoms with Crippen molar-refractivity contribution in [3.63, 3.8) is 0 Å². The zero-order chi connectivity index (χ0) is 19.3. The van der Waals surface area contributed by atoms with E-state index in [1.54, 1.807) is 23.1 Å². The van der Waals surface area contributed by atoms with Crippen LogP contribution in [0.15, 0.2) is 65.1 Å². The van der Waals surface area contributed by atoms with Gasteiger partial charge in [0.25, 0.3) is 5.91 Å². The highest BCUT2D eigenvalue weighted by Crippen LogP contribution is 2.41. The highest BCUT2D eigenvalue weighted by Gasteiger charge is 2.35. The number of rotatable bonds is 2. The highest BCUT2D eigenvalue weighted by molar-refractivity contribution is 9.10. The number of nitrogens with zero attached hydrogens (tertiary/aromatic N) is 1. The topological polar surface area (TPSA) is 50.8 Å². The zero-order valence-corrected chi connectivity index (χ0v) is 16.1. The molecular weight excluding hydrogens is 427 g/mol. The first-order valence-corrected chi connectivity index (χ1v) is 9.44. The fourth-order valence-electron chi connectivity index (χ4n) is 3.49. The van der Waals surface area contributed by atoms with Gasteiger partial charge < -0.3 is 14.8 Å². The Morgan fingerprint density at radius 1 is 1.04 bits per heavy atom. The van der Waals surface area contributed by atoms with E-state index in [-0.39, 0.29) is 12.7 Å². The maximum atomic E-state index is 13.9. The van der Waals surface area contributed by atoms with Crippen LogP contribution in [0.25, 0.3) is 0 Å². The molecule has 3 aromatic rings. The summed E-state index contributed by atoms with van der Waals surface area (Å²) in [5.41, 5.74) is 2.49. The molecule has 2 aliphatic rings. The van der Waals surface area contributed by atoms with Gasteiger partial charge >= 0.3 is 0 Å². The lowest BCUT2D eigenvalue weighted by atomic mass is 10.0. The van der Waals surface area contributed by atoms with Gasteiger partial charge in [0.2, 0.25) is 6.79 Å². The second-order valence-corrected chi connectivity index (χ2v) is 7.42. The van der Waals surface area contributed by atoms with Gasteiger partial charge in [-0.25, -0.2) is 4.39 Å². The average Bonchev–Trinajstić information content (AvgIpc) is 3.16. The normalized spacial score (nSPS) is 17.3. The number of hydrogen-bond donors (Lipinski definition) is 1. The number of anilines is 2. The lowest BCUT2D eigenvalue weighted by molar-refractivity contribution is 0.0974. The Kier molecular flexibility index (Phi) is 3.98. The molecule has 0 radical (unpaired) electrons. The Morgan fingerprint density at radius 2 is 1.89 bits per heavy atom. The number of ether oxygens (including phenoxy) is 2. The maximum absolute atomic E-state index is 13.9. The summed E-state index contributed by atoms with van der Waals surface area (Å²) in [6.45, 7) is 0.167. The first-order valence-electron chi connectivity index (χ1n) is 8.65. The van der Waals surface area contributed by atoms with E-state index in [1.165, 1.54) is 12.1 Å². The molecule has 0 bridgehead atoms. The number of hydrogen-bond acceptors (Lipinski definition) is 4. The molecule has 1 N–H and O–H groups in total. The highest BCUT2D eigenvalue weighted by atomic mass is 79.9. The number of fused-ring (bicyclic) bond motifs is 2. The van der Waals surface area contributed by atoms with Crippen LogP contribution < -0.4 is 19.7 Å². The second kappa shape index (κ2) is 6.53. The molecule has 7 heteroatoms. The Hall–Kier alpha value is -3.06. The molecule has 0 fully saturated rings. The summed E-state index contributed by atoms with van der Waals surface area (Å²) in [7, 11) is 0. The number of benzene rings is 3. The molecule has 28 heavy (non-hydrogen) atoms. The number of carbonyl (C=O) groups excluding carboxylic acids is 1. The predicted octanol–water partition coefficient (Wildman–Crippen LogP) is 5.09. The van der Waals surface area contributed by atoms with Crippen LogP contribution in [0.2, 0.25) is 0 Å². The van der Waals surface area contributed by atoms with E-state index >= 15 is 0 Å². The fraction of sp³-hybridized carbons (Fsp3) is 0.0952. The Labute approximate surface area is 168 Å². The summed E-state index contributed by atoms with van der Waals surface area (Å²) in [4.78, 5) is 14.9. The molecule has 5 rings (SSSR count). The lowest BCUT2D eigenvalue weighted by Gasteiger charge is -2.38. The summed E-state index contributed by atoms with van der Waals surface area (Å²) in [6, 6.07) is 17.0. The minimum absolute atomic E-state index is 0.167. The third kappa shape index (κ3) is 2.79. The molecule has 5 nitrogen and oxygen atoms in total. The molecule has 0 aliphatic carbocycles. The summed E-state index contributed by atoms with van der Waals surface area (Å²) >= 11 is 3.41. The quantitative estimate of drug-likeness (QED) is 0.602. The van der Waals surface area contributed by atoms with Crippen LogP contribution in [0.1, 0.15) is 22.1 Å². The first kappa shape index (κ1) is 17.1. The van der Waals surface area contributed by atoms with Crippen molar-refractivity contribution in [3.8, 4) is 11.5 Å². The van der Waals surface area contributed by atoms with Gasteiger partial charge in [0.15, 0.2) is 11.5 Å². The van der Waals surface area contributed by atoms with Gasteiger partial charge in [-0.2, -0.15) is 0 Å². The zero-order valence-electron chi connectivity index (χ0n) is 14.5. The van der Waals surface area contributed by atoms with Gasteiger partial charge in [0.1, 0.15) is 12.0 Å². The number of carbonyl (C=O) groups is 1. The van der Waals surface area contributed by atoms with E-state index in [0.717, 1.165) is 10.0 Å². The van der Waals surface area contributed by atoms with Crippen molar-refractivity contribution in [2.24, 2.45) is 0 Å². The van der Waals surface area contributed by atoms with Crippen molar-refractivity contribution in [3.05, 3.63) is 82.1 Å². The van der Waals surface area contributed by atoms with Crippen LogP contribution >= 0.6 is 15.9 Å². The van der Waals surface area contributed by atoms with Crippen LogP contribution in [0.4, 0.5) is 15.8 Å². The standard InChI is InChI=1S/C21H14BrFN2O3/c22-13-5-6-17-16(9-13)21(26)25(15-3-1-2-14(23)10-15)20(24-17)12-4-7-18-19(8-12)28-11-27-18/h1-10,20,24H,11H2/t20-/m1/s1. The molecule has 0 saturated carbocycles. The van der Waals surface area contributed by atoms with Gasteiger partial charge in [-0.3, -0.25) is 9.69 Å². The number of halogens is 2. The Morgan fingerprint density at radius 3 is 2.75 bits per heavy atom. The third-order valence-electron chi connectivity index (χ3n) is 4.78. The van der Waals surface area contributed by atoms with Crippen LogP contribution in [-0.2, 0) is 0 Å². The van der Waals surface area contributed by atoms with Crippen LogP contribution in [-0.4, -0.2) is 12.7 Å². The molecule has 0 unspecified atom stereocenters. The van der Waals surface area contributed by atoms with Crippen molar-refractivity contribution in [1.82, 2.24) is 0 Å². The molecule has 0 aromatic heterocycles. The van der Waals surface area contributed by atoms with Gasteiger partial charge in [-0.1, -0.05) is 28.1 Å². The van der Waals surface area contributed by atoms with E-state index in [4.69, 9.17) is 9.47 Å². The van der Waals surface area contributed by atoms with E-state index in [9.17, 15) is 9.18 Å². The number of amides is 1. The Balaban J connectivity index is 1.66. The molecular formula is C21H14BrFN2O3. The van der Waals surface area contributed by atoms with Gasteiger partial charge in [0, 0.05) is 15.8 Å². The summed E-state index contributed by atoms with van der Waals surface area (Å²) < 4.78 is 25.6. The molecule has 0 spiro atoms. The molecule has 3 aromatic carbocycles. The molecule has 140 valence electrons. The summed E-state index contributed by atoms with van der Waals surface area (Å²) in [5.74, 6) is 0.651. The van der Waals surface area contributed by atoms with Crippen molar-refractivity contribution in [2.45, 2.75) is 6.17 Å². The van der Waals surface area contributed by atoms with Gasteiger partial charge in [-0.15, -0.1) is 0 Å². The Bertz CT molecular complexity index is 1100. The summed E-state index contributed by atoms with van der Waals surface area (Å²) in [6.07, 6.45) is -0.530. The van der Waals surface area contributed by atoms with Crippen LogP contribution in [0.3, 0.4) is 0 Å². The van der Waals surface area contributed by atoms with Crippen LogP contribution in [0, 0.1) is 5.82 Å². The SMILES string of the molecule is O=C1c2cc(Br)ccc2N[C@@H](c2ccc3c(c2)OCO3)N1c1cccc(F)c1. The largest absolute Gasteiger partial charge is 0.454 e. The second-order valence-electron chi connectivity index (χ2n) is 6.50. The maximum Gasteiger partial charge on any atom is 0.262 e. The predicted molar refractivity (Wildman–Crippen MR) is 106 cm³/mol. The van der Waals surface area contributed by atoms with E-state index in [1.807, 2.05) is 30.3 Å². The van der Waals surface area contributed by atoms with E-state index < -0.39 is 12.0 Å². The van der Waals surface area contributed by atoms with E-state index in [0.29, 0.717) is 28.4 Å². The first-order chi connectivity index (χ1) is 13.6. The lowest BCUT2D eigenvalue weighted by Crippen LogP contribution is -2.43. The smallest absolute Gasteiger partial charge is 0.262 e. The monoisotopic (exact) mass is 440 g/mol. The molecule has 0 saturated heterocycles. The summed E-state index contributed by atoms with van der Waals surface area (Å²) in [5, 5.41) is 3.40. The molecule has 2 heterocycles. The molecule has 1 atom stereocenters. The molecule has 1 amide bonds. The third-order valence-corrected chi connectivity index (χ3v) is 5.27. The minimum atomic E-state index is -0.530. The number of nitrogens with one attached hydrogen (secondary N) is 1. The van der Waals surface area contributed by atoms with Gasteiger partial charge in [0.05, 0.1) is 5.56 Å². The average molecular weight is 441 g/mol. The fourth-order valence-corrected chi connectivity index (χ4v) is 3.85.